The Bertz CT molecular complexity index is 1230. The van der Waals surface area contributed by atoms with E-state index < -0.39 is 6.10 Å². The third kappa shape index (κ3) is 4.53. The number of halogens is 1. The van der Waals surface area contributed by atoms with Gasteiger partial charge < -0.3 is 14.3 Å². The fourth-order valence-electron chi connectivity index (χ4n) is 4.78. The Hall–Kier alpha value is -2.05. The normalized spacial score (nSPS) is 20.8. The number of thiophene rings is 1. The number of benzene rings is 2. The first-order valence-corrected chi connectivity index (χ1v) is 12.4. The third-order valence-corrected chi connectivity index (χ3v) is 7.95. The van der Waals surface area contributed by atoms with Crippen molar-refractivity contribution in [1.82, 2.24) is 4.90 Å². The van der Waals surface area contributed by atoms with E-state index in [9.17, 15) is 5.11 Å². The number of furan rings is 1. The minimum atomic E-state index is -0.538. The van der Waals surface area contributed by atoms with Crippen LogP contribution in [-0.2, 0) is 0 Å². The highest BCUT2D eigenvalue weighted by atomic mass is 35.5. The van der Waals surface area contributed by atoms with E-state index in [2.05, 4.69) is 30.0 Å². The topological polar surface area (TPSA) is 45.8 Å². The van der Waals surface area contributed by atoms with Crippen LogP contribution in [0.15, 0.2) is 52.9 Å². The summed E-state index contributed by atoms with van der Waals surface area (Å²) in [5, 5.41) is 13.6. The van der Waals surface area contributed by atoms with Crippen LogP contribution in [-0.4, -0.2) is 41.8 Å². The van der Waals surface area contributed by atoms with Gasteiger partial charge in [-0.15, -0.1) is 11.3 Å². The molecule has 4 aromatic rings. The number of piperidine rings is 1. The van der Waals surface area contributed by atoms with Crippen LogP contribution in [0, 0.1) is 6.92 Å². The monoisotopic (exact) mass is 469 g/mol. The van der Waals surface area contributed by atoms with Gasteiger partial charge in [-0.2, -0.15) is 0 Å². The standard InChI is InChI=1S/C26H28ClNO3S/c1-16-10-18(26-13-19-12-20(27)6-7-25(19)32-26)8-9-28(16)14-21(29)15-30-23-4-3-5-24-22(23)11-17(2)31-24/h3-7,11-13,16,18,21,29H,8-10,14-15H2,1-2H3. The molecule has 1 aliphatic rings. The van der Waals surface area contributed by atoms with Crippen LogP contribution in [0.25, 0.3) is 21.1 Å². The van der Waals surface area contributed by atoms with Gasteiger partial charge in [0.25, 0.3) is 0 Å². The predicted octanol–water partition coefficient (Wildman–Crippen LogP) is 6.62. The molecule has 3 atom stereocenters. The van der Waals surface area contributed by atoms with Crippen molar-refractivity contribution in [2.45, 2.75) is 44.8 Å². The number of ether oxygens (including phenoxy) is 1. The molecule has 32 heavy (non-hydrogen) atoms. The van der Waals surface area contributed by atoms with Crippen LogP contribution < -0.4 is 4.74 Å². The van der Waals surface area contributed by atoms with E-state index in [0.717, 1.165) is 46.9 Å². The molecular weight excluding hydrogens is 442 g/mol. The van der Waals surface area contributed by atoms with E-state index in [0.29, 0.717) is 18.5 Å². The zero-order valence-corrected chi connectivity index (χ0v) is 20.0. The maximum absolute atomic E-state index is 10.7. The van der Waals surface area contributed by atoms with E-state index in [4.69, 9.17) is 20.8 Å². The summed E-state index contributed by atoms with van der Waals surface area (Å²) in [6.07, 6.45) is 1.66. The molecule has 0 amide bonds. The zero-order valence-electron chi connectivity index (χ0n) is 18.4. The van der Waals surface area contributed by atoms with Gasteiger partial charge in [-0.1, -0.05) is 17.7 Å². The molecule has 0 bridgehead atoms. The maximum atomic E-state index is 10.7. The van der Waals surface area contributed by atoms with Gasteiger partial charge in [0.15, 0.2) is 0 Å². The van der Waals surface area contributed by atoms with Crippen molar-refractivity contribution in [3.63, 3.8) is 0 Å². The highest BCUT2D eigenvalue weighted by molar-refractivity contribution is 7.19. The molecular formula is C26H28ClNO3S. The first kappa shape index (κ1) is 21.8. The minimum Gasteiger partial charge on any atom is -0.490 e. The fourth-order valence-corrected chi connectivity index (χ4v) is 6.16. The highest BCUT2D eigenvalue weighted by Gasteiger charge is 2.29. The first-order chi connectivity index (χ1) is 15.5. The zero-order chi connectivity index (χ0) is 22.2. The van der Waals surface area contributed by atoms with Crippen LogP contribution in [0.5, 0.6) is 5.75 Å². The minimum absolute atomic E-state index is 0.271. The number of aryl methyl sites for hydroxylation is 1. The summed E-state index contributed by atoms with van der Waals surface area (Å²) < 4.78 is 12.9. The Kier molecular flexibility index (Phi) is 6.17. The molecule has 0 spiro atoms. The summed E-state index contributed by atoms with van der Waals surface area (Å²) in [6, 6.07) is 16.6. The summed E-state index contributed by atoms with van der Waals surface area (Å²) in [5.41, 5.74) is 0.814. The maximum Gasteiger partial charge on any atom is 0.137 e. The van der Waals surface area contributed by atoms with Gasteiger partial charge in [0, 0.05) is 27.2 Å². The van der Waals surface area contributed by atoms with Crippen molar-refractivity contribution in [2.24, 2.45) is 0 Å². The summed E-state index contributed by atoms with van der Waals surface area (Å²) in [6.45, 7) is 6.06. The fraction of sp³-hybridized carbons (Fsp3) is 0.385. The van der Waals surface area contributed by atoms with Gasteiger partial charge in [0.2, 0.25) is 0 Å². The number of β-amino-alcohol motifs (C(OH)–C–C–N with tert-alkyl or cyclic N) is 1. The van der Waals surface area contributed by atoms with E-state index >= 15 is 0 Å². The predicted molar refractivity (Wildman–Crippen MR) is 132 cm³/mol. The lowest BCUT2D eigenvalue weighted by Gasteiger charge is -2.38. The van der Waals surface area contributed by atoms with Crippen LogP contribution in [0.1, 0.15) is 36.3 Å². The van der Waals surface area contributed by atoms with Crippen LogP contribution in [0.4, 0.5) is 0 Å². The number of fused-ring (bicyclic) bond motifs is 2. The Morgan fingerprint density at radius 2 is 2.12 bits per heavy atom. The Balaban J connectivity index is 1.17. The molecule has 0 saturated carbocycles. The second-order valence-corrected chi connectivity index (χ2v) is 10.4. The average Bonchev–Trinajstić information content (AvgIpc) is 3.36. The van der Waals surface area contributed by atoms with Gasteiger partial charge in [0.05, 0.1) is 5.39 Å². The smallest absolute Gasteiger partial charge is 0.137 e. The number of hydrogen-bond acceptors (Lipinski definition) is 5. The molecule has 1 N–H and O–H groups in total. The number of aliphatic hydroxyl groups excluding tert-OH is 1. The third-order valence-electron chi connectivity index (χ3n) is 6.43. The molecule has 3 unspecified atom stereocenters. The molecule has 3 heterocycles. The SMILES string of the molecule is Cc1cc2c(OCC(O)CN3CCC(c4cc5cc(Cl)ccc5s4)CC3C)cccc2o1. The van der Waals surface area contributed by atoms with E-state index in [-0.39, 0.29) is 6.61 Å². The highest BCUT2D eigenvalue weighted by Crippen LogP contribution is 2.39. The summed E-state index contributed by atoms with van der Waals surface area (Å²) in [5.74, 6) is 2.18. The average molecular weight is 470 g/mol. The number of likely N-dealkylation sites (tertiary alicyclic amines) is 1. The second kappa shape index (κ2) is 9.06. The number of hydrogen-bond donors (Lipinski definition) is 1. The Morgan fingerprint density at radius 1 is 1.25 bits per heavy atom. The van der Waals surface area contributed by atoms with Crippen molar-refractivity contribution in [3.05, 3.63) is 64.2 Å². The second-order valence-electron chi connectivity index (χ2n) is 8.89. The number of rotatable bonds is 6. The number of nitrogens with zero attached hydrogens (tertiary/aromatic N) is 1. The van der Waals surface area contributed by atoms with Crippen molar-refractivity contribution in [1.29, 1.82) is 0 Å². The van der Waals surface area contributed by atoms with Crippen LogP contribution in [0.2, 0.25) is 5.02 Å². The summed E-state index contributed by atoms with van der Waals surface area (Å²) in [7, 11) is 0. The van der Waals surface area contributed by atoms with Gasteiger partial charge in [0.1, 0.15) is 29.8 Å². The molecule has 2 aromatic carbocycles. The summed E-state index contributed by atoms with van der Waals surface area (Å²) >= 11 is 8.04. The Labute approximate surface area is 197 Å². The van der Waals surface area contributed by atoms with Crippen molar-refractivity contribution >= 4 is 44.0 Å². The van der Waals surface area contributed by atoms with Gasteiger partial charge in [-0.3, -0.25) is 4.90 Å². The molecule has 2 aromatic heterocycles. The molecule has 1 saturated heterocycles. The largest absolute Gasteiger partial charge is 0.490 e. The molecule has 5 rings (SSSR count). The lowest BCUT2D eigenvalue weighted by molar-refractivity contribution is 0.0408. The lowest BCUT2D eigenvalue weighted by Crippen LogP contribution is -2.45. The molecule has 4 nitrogen and oxygen atoms in total. The molecule has 1 fully saturated rings. The van der Waals surface area contributed by atoms with Crippen molar-refractivity contribution < 1.29 is 14.3 Å². The molecule has 1 aliphatic heterocycles. The van der Waals surface area contributed by atoms with E-state index in [1.807, 2.05) is 48.6 Å². The van der Waals surface area contributed by atoms with Crippen molar-refractivity contribution in [2.75, 3.05) is 19.7 Å². The van der Waals surface area contributed by atoms with Crippen LogP contribution in [0.3, 0.4) is 0 Å². The molecule has 0 radical (unpaired) electrons. The van der Waals surface area contributed by atoms with Gasteiger partial charge >= 0.3 is 0 Å². The van der Waals surface area contributed by atoms with Gasteiger partial charge in [-0.05, 0) is 87.0 Å². The molecule has 0 aliphatic carbocycles. The number of aliphatic hydroxyl groups is 1. The molecule has 168 valence electrons. The lowest BCUT2D eigenvalue weighted by atomic mass is 9.90. The Morgan fingerprint density at radius 3 is 2.97 bits per heavy atom. The van der Waals surface area contributed by atoms with E-state index in [1.165, 1.54) is 15.0 Å². The van der Waals surface area contributed by atoms with Crippen LogP contribution >= 0.6 is 22.9 Å². The molecule has 6 heteroatoms. The van der Waals surface area contributed by atoms with Crippen molar-refractivity contribution in [3.8, 4) is 5.75 Å². The van der Waals surface area contributed by atoms with E-state index in [1.54, 1.807) is 0 Å². The van der Waals surface area contributed by atoms with Gasteiger partial charge in [-0.25, -0.2) is 0 Å². The first-order valence-electron chi connectivity index (χ1n) is 11.2. The quantitative estimate of drug-likeness (QED) is 0.345. The summed E-state index contributed by atoms with van der Waals surface area (Å²) in [4.78, 5) is 3.83.